The lowest BCUT2D eigenvalue weighted by Gasteiger charge is -2.34. The molecule has 1 saturated heterocycles. The Morgan fingerprint density at radius 1 is 1.04 bits per heavy atom. The van der Waals surface area contributed by atoms with E-state index < -0.39 is 0 Å². The number of carbonyl (C=O) groups is 2. The minimum atomic E-state index is -0.0517. The molecule has 1 N–H and O–H groups in total. The van der Waals surface area contributed by atoms with Crippen molar-refractivity contribution < 1.29 is 14.3 Å². The number of nitrogens with one attached hydrogen (secondary N) is 1. The molecule has 0 unspecified atom stereocenters. The molecule has 1 aromatic carbocycles. The SMILES string of the molecule is COc1cc(C(C)C)ccc1C(=O)N1CCN(C(=O)c2ccc[nH]2)CC1. The number of piperazine rings is 1. The topological polar surface area (TPSA) is 65.6 Å². The lowest BCUT2D eigenvalue weighted by atomic mass is 10.0. The summed E-state index contributed by atoms with van der Waals surface area (Å²) >= 11 is 0. The van der Waals surface area contributed by atoms with Crippen LogP contribution in [0.25, 0.3) is 0 Å². The van der Waals surface area contributed by atoms with E-state index in [0.717, 1.165) is 5.56 Å². The summed E-state index contributed by atoms with van der Waals surface area (Å²) in [6.45, 7) is 6.29. The van der Waals surface area contributed by atoms with Crippen molar-refractivity contribution in [1.82, 2.24) is 14.8 Å². The Balaban J connectivity index is 1.68. The number of hydrogen-bond acceptors (Lipinski definition) is 3. The van der Waals surface area contributed by atoms with E-state index in [4.69, 9.17) is 4.74 Å². The molecule has 26 heavy (non-hydrogen) atoms. The molecule has 0 aliphatic carbocycles. The van der Waals surface area contributed by atoms with Crippen molar-refractivity contribution in [1.29, 1.82) is 0 Å². The molecule has 0 bridgehead atoms. The van der Waals surface area contributed by atoms with E-state index in [1.165, 1.54) is 0 Å². The zero-order chi connectivity index (χ0) is 18.7. The van der Waals surface area contributed by atoms with Gasteiger partial charge in [-0.2, -0.15) is 0 Å². The fourth-order valence-corrected chi connectivity index (χ4v) is 3.16. The van der Waals surface area contributed by atoms with Crippen molar-refractivity contribution in [2.45, 2.75) is 19.8 Å². The highest BCUT2D eigenvalue weighted by atomic mass is 16.5. The van der Waals surface area contributed by atoms with Crippen LogP contribution < -0.4 is 4.74 Å². The van der Waals surface area contributed by atoms with Crippen LogP contribution in [0.3, 0.4) is 0 Å². The van der Waals surface area contributed by atoms with Crippen LogP contribution in [0, 0.1) is 0 Å². The summed E-state index contributed by atoms with van der Waals surface area (Å²) in [4.78, 5) is 31.8. The Morgan fingerprint density at radius 2 is 1.69 bits per heavy atom. The van der Waals surface area contributed by atoms with Gasteiger partial charge in [0, 0.05) is 32.4 Å². The van der Waals surface area contributed by atoms with Gasteiger partial charge in [-0.15, -0.1) is 0 Å². The Hall–Kier alpha value is -2.76. The number of aromatic nitrogens is 1. The molecule has 3 rings (SSSR count). The Labute approximate surface area is 153 Å². The quantitative estimate of drug-likeness (QED) is 0.917. The predicted octanol–water partition coefficient (Wildman–Crippen LogP) is 2.74. The molecule has 0 radical (unpaired) electrons. The van der Waals surface area contributed by atoms with Gasteiger partial charge in [-0.3, -0.25) is 9.59 Å². The van der Waals surface area contributed by atoms with Crippen LogP contribution in [0.5, 0.6) is 5.75 Å². The zero-order valence-corrected chi connectivity index (χ0v) is 15.5. The van der Waals surface area contributed by atoms with Crippen LogP contribution in [0.4, 0.5) is 0 Å². The Bertz CT molecular complexity index is 776. The van der Waals surface area contributed by atoms with Gasteiger partial charge in [0.1, 0.15) is 11.4 Å². The van der Waals surface area contributed by atoms with Crippen molar-refractivity contribution in [3.63, 3.8) is 0 Å². The molecule has 1 aliphatic heterocycles. The van der Waals surface area contributed by atoms with Crippen molar-refractivity contribution in [3.05, 3.63) is 53.3 Å². The molecule has 2 amide bonds. The number of H-pyrrole nitrogens is 1. The van der Waals surface area contributed by atoms with Crippen LogP contribution in [0.2, 0.25) is 0 Å². The Morgan fingerprint density at radius 3 is 2.23 bits per heavy atom. The van der Waals surface area contributed by atoms with E-state index in [1.54, 1.807) is 35.2 Å². The second-order valence-electron chi connectivity index (χ2n) is 6.78. The summed E-state index contributed by atoms with van der Waals surface area (Å²) in [5.74, 6) is 0.895. The molecule has 138 valence electrons. The molecule has 2 aromatic rings. The van der Waals surface area contributed by atoms with E-state index >= 15 is 0 Å². The highest BCUT2D eigenvalue weighted by Gasteiger charge is 2.27. The maximum atomic E-state index is 12.9. The fraction of sp³-hybridized carbons (Fsp3) is 0.400. The minimum Gasteiger partial charge on any atom is -0.496 e. The van der Waals surface area contributed by atoms with E-state index in [9.17, 15) is 9.59 Å². The largest absolute Gasteiger partial charge is 0.496 e. The summed E-state index contributed by atoms with van der Waals surface area (Å²) in [5, 5.41) is 0. The number of ether oxygens (including phenoxy) is 1. The number of rotatable bonds is 4. The van der Waals surface area contributed by atoms with Crippen molar-refractivity contribution in [2.24, 2.45) is 0 Å². The van der Waals surface area contributed by atoms with Crippen LogP contribution in [-0.2, 0) is 0 Å². The Kier molecular flexibility index (Phi) is 5.30. The van der Waals surface area contributed by atoms with Crippen LogP contribution in [-0.4, -0.2) is 59.9 Å². The molecule has 1 fully saturated rings. The highest BCUT2D eigenvalue weighted by Crippen LogP contribution is 2.26. The van der Waals surface area contributed by atoms with E-state index in [1.807, 2.05) is 18.2 Å². The second kappa shape index (κ2) is 7.64. The first kappa shape index (κ1) is 18.0. The van der Waals surface area contributed by atoms with Gasteiger partial charge in [0.2, 0.25) is 0 Å². The first-order chi connectivity index (χ1) is 12.5. The highest BCUT2D eigenvalue weighted by molar-refractivity contribution is 5.97. The molecule has 6 heteroatoms. The van der Waals surface area contributed by atoms with Crippen LogP contribution in [0.1, 0.15) is 46.2 Å². The first-order valence-corrected chi connectivity index (χ1v) is 8.91. The molecule has 0 atom stereocenters. The maximum absolute atomic E-state index is 12.9. The minimum absolute atomic E-state index is 0.0269. The number of nitrogens with zero attached hydrogens (tertiary/aromatic N) is 2. The van der Waals surface area contributed by atoms with Gasteiger partial charge in [0.25, 0.3) is 11.8 Å². The van der Waals surface area contributed by atoms with Crippen molar-refractivity contribution in [2.75, 3.05) is 33.3 Å². The van der Waals surface area contributed by atoms with Gasteiger partial charge in [-0.25, -0.2) is 0 Å². The monoisotopic (exact) mass is 355 g/mol. The molecule has 6 nitrogen and oxygen atoms in total. The molecule has 1 aliphatic rings. The third kappa shape index (κ3) is 3.59. The number of benzene rings is 1. The van der Waals surface area contributed by atoms with E-state index in [-0.39, 0.29) is 11.8 Å². The van der Waals surface area contributed by atoms with Crippen molar-refractivity contribution >= 4 is 11.8 Å². The van der Waals surface area contributed by atoms with Crippen LogP contribution >= 0.6 is 0 Å². The van der Waals surface area contributed by atoms with Gasteiger partial charge in [-0.05, 0) is 35.7 Å². The number of carbonyl (C=O) groups excluding carboxylic acids is 2. The lowest BCUT2D eigenvalue weighted by Crippen LogP contribution is -2.50. The van der Waals surface area contributed by atoms with Gasteiger partial charge in [0.05, 0.1) is 12.7 Å². The third-order valence-electron chi connectivity index (χ3n) is 4.81. The van der Waals surface area contributed by atoms with E-state index in [0.29, 0.717) is 49.1 Å². The van der Waals surface area contributed by atoms with Crippen LogP contribution in [0.15, 0.2) is 36.5 Å². The molecule has 0 saturated carbocycles. The second-order valence-corrected chi connectivity index (χ2v) is 6.78. The summed E-state index contributed by atoms with van der Waals surface area (Å²) < 4.78 is 5.44. The normalized spacial score (nSPS) is 14.6. The average Bonchev–Trinajstić information content (AvgIpc) is 3.21. The van der Waals surface area contributed by atoms with Gasteiger partial charge in [-0.1, -0.05) is 19.9 Å². The lowest BCUT2D eigenvalue weighted by molar-refractivity contribution is 0.0531. The number of aromatic amines is 1. The van der Waals surface area contributed by atoms with Gasteiger partial charge in [0.15, 0.2) is 0 Å². The van der Waals surface area contributed by atoms with Crippen molar-refractivity contribution in [3.8, 4) is 5.75 Å². The number of hydrogen-bond donors (Lipinski definition) is 1. The summed E-state index contributed by atoms with van der Waals surface area (Å²) in [6.07, 6.45) is 1.74. The molecule has 1 aromatic heterocycles. The molecule has 2 heterocycles. The third-order valence-corrected chi connectivity index (χ3v) is 4.81. The summed E-state index contributed by atoms with van der Waals surface area (Å²) in [7, 11) is 1.59. The maximum Gasteiger partial charge on any atom is 0.270 e. The van der Waals surface area contributed by atoms with Gasteiger partial charge >= 0.3 is 0 Å². The number of amides is 2. The first-order valence-electron chi connectivity index (χ1n) is 8.91. The summed E-state index contributed by atoms with van der Waals surface area (Å²) in [5.41, 5.74) is 2.29. The van der Waals surface area contributed by atoms with E-state index in [2.05, 4.69) is 18.8 Å². The zero-order valence-electron chi connectivity index (χ0n) is 15.5. The summed E-state index contributed by atoms with van der Waals surface area (Å²) in [6, 6.07) is 9.32. The predicted molar refractivity (Wildman–Crippen MR) is 99.7 cm³/mol. The smallest absolute Gasteiger partial charge is 0.270 e. The molecular formula is C20H25N3O3. The molecule has 0 spiro atoms. The standard InChI is InChI=1S/C20H25N3O3/c1-14(2)15-6-7-16(18(13-15)26-3)19(24)22-9-11-23(12-10-22)20(25)17-5-4-8-21-17/h4-8,13-14,21H,9-12H2,1-3H3. The van der Waals surface area contributed by atoms with Gasteiger partial charge < -0.3 is 19.5 Å². The molecular weight excluding hydrogens is 330 g/mol. The number of methoxy groups -OCH3 is 1. The average molecular weight is 355 g/mol. The fourth-order valence-electron chi connectivity index (χ4n) is 3.16.